The van der Waals surface area contributed by atoms with E-state index in [9.17, 15) is 9.18 Å². The first kappa shape index (κ1) is 15.7. The van der Waals surface area contributed by atoms with Gasteiger partial charge in [-0.2, -0.15) is 0 Å². The van der Waals surface area contributed by atoms with Crippen LogP contribution in [0.15, 0.2) is 30.3 Å². The number of nitrogens with one attached hydrogen (secondary N) is 1. The summed E-state index contributed by atoms with van der Waals surface area (Å²) in [6, 6.07) is 7.31. The molecule has 0 radical (unpaired) electrons. The Morgan fingerprint density at radius 3 is 2.62 bits per heavy atom. The minimum Gasteiger partial charge on any atom is -0.349 e. The summed E-state index contributed by atoms with van der Waals surface area (Å²) >= 11 is 11.5. The Bertz CT molecular complexity index is 649. The van der Waals surface area contributed by atoms with Gasteiger partial charge in [0.1, 0.15) is 5.82 Å². The number of hydrogen-bond donors (Lipinski definition) is 1. The fourth-order valence-electron chi connectivity index (χ4n) is 1.84. The maximum absolute atomic E-state index is 12.8. The van der Waals surface area contributed by atoms with Gasteiger partial charge < -0.3 is 5.32 Å². The van der Waals surface area contributed by atoms with Gasteiger partial charge in [0.15, 0.2) is 10.3 Å². The van der Waals surface area contributed by atoms with Crippen LogP contribution in [0.2, 0.25) is 10.3 Å². The van der Waals surface area contributed by atoms with Crippen LogP contribution in [-0.4, -0.2) is 22.1 Å². The van der Waals surface area contributed by atoms with Crippen LogP contribution in [0.1, 0.15) is 22.8 Å². The quantitative estimate of drug-likeness (QED) is 0.937. The lowest BCUT2D eigenvalue weighted by Crippen LogP contribution is -2.34. The summed E-state index contributed by atoms with van der Waals surface area (Å²) in [4.78, 5) is 12.1. The molecule has 1 N–H and O–H groups in total. The van der Waals surface area contributed by atoms with Gasteiger partial charge in [-0.05, 0) is 37.1 Å². The van der Waals surface area contributed by atoms with Crippen molar-refractivity contribution in [3.05, 3.63) is 57.6 Å². The summed E-state index contributed by atoms with van der Waals surface area (Å²) in [6.45, 7) is 1.84. The number of benzene rings is 1. The van der Waals surface area contributed by atoms with Gasteiger partial charge >= 0.3 is 0 Å². The first-order valence-corrected chi connectivity index (χ1v) is 6.95. The molecule has 0 aliphatic heterocycles. The summed E-state index contributed by atoms with van der Waals surface area (Å²) in [6.07, 6.45) is 0.565. The molecule has 0 saturated carbocycles. The zero-order valence-electron chi connectivity index (χ0n) is 11.1. The Morgan fingerprint density at radius 1 is 1.29 bits per heavy atom. The van der Waals surface area contributed by atoms with Crippen molar-refractivity contribution in [2.24, 2.45) is 0 Å². The molecule has 0 spiro atoms. The second-order valence-electron chi connectivity index (χ2n) is 4.58. The average molecular weight is 328 g/mol. The van der Waals surface area contributed by atoms with Crippen molar-refractivity contribution in [2.75, 3.05) is 0 Å². The summed E-state index contributed by atoms with van der Waals surface area (Å²) in [5.74, 6) is -0.675. The molecule has 1 unspecified atom stereocenters. The van der Waals surface area contributed by atoms with E-state index in [0.717, 1.165) is 5.56 Å². The van der Waals surface area contributed by atoms with Crippen molar-refractivity contribution in [2.45, 2.75) is 19.4 Å². The van der Waals surface area contributed by atoms with Crippen LogP contribution in [0.3, 0.4) is 0 Å². The van der Waals surface area contributed by atoms with Crippen LogP contribution >= 0.6 is 23.2 Å². The number of aromatic nitrogens is 2. The minimum atomic E-state index is -0.383. The molecule has 0 aliphatic carbocycles. The number of hydrogen-bond acceptors (Lipinski definition) is 3. The van der Waals surface area contributed by atoms with Gasteiger partial charge in [-0.15, -0.1) is 10.2 Å². The van der Waals surface area contributed by atoms with Crippen LogP contribution in [0.25, 0.3) is 0 Å². The van der Waals surface area contributed by atoms with E-state index in [0.29, 0.717) is 6.42 Å². The standard InChI is InChI=1S/C14H12Cl2FN3O/c1-8(6-9-2-4-10(17)5-3-9)18-14(21)11-7-12(15)19-20-13(11)16/h2-5,7-8H,6H2,1H3,(H,18,21). The molecule has 21 heavy (non-hydrogen) atoms. The van der Waals surface area contributed by atoms with E-state index in [4.69, 9.17) is 23.2 Å². The number of rotatable bonds is 4. The van der Waals surface area contributed by atoms with Gasteiger partial charge in [-0.3, -0.25) is 4.79 Å². The smallest absolute Gasteiger partial charge is 0.254 e. The van der Waals surface area contributed by atoms with Crippen molar-refractivity contribution in [3.8, 4) is 0 Å². The Balaban J connectivity index is 2.01. The molecule has 2 rings (SSSR count). The maximum atomic E-state index is 12.8. The second-order valence-corrected chi connectivity index (χ2v) is 5.32. The normalized spacial score (nSPS) is 12.0. The van der Waals surface area contributed by atoms with Gasteiger partial charge in [-0.25, -0.2) is 4.39 Å². The SMILES string of the molecule is CC(Cc1ccc(F)cc1)NC(=O)c1cc(Cl)nnc1Cl. The van der Waals surface area contributed by atoms with E-state index in [-0.39, 0.29) is 33.6 Å². The molecule has 0 saturated heterocycles. The Morgan fingerprint density at radius 2 is 1.95 bits per heavy atom. The largest absolute Gasteiger partial charge is 0.349 e. The van der Waals surface area contributed by atoms with Crippen molar-refractivity contribution in [1.82, 2.24) is 15.5 Å². The molecule has 1 aromatic heterocycles. The molecule has 1 heterocycles. The molecule has 110 valence electrons. The van der Waals surface area contributed by atoms with Gasteiger partial charge in [0, 0.05) is 6.04 Å². The van der Waals surface area contributed by atoms with Crippen LogP contribution in [0, 0.1) is 5.82 Å². The van der Waals surface area contributed by atoms with E-state index in [1.807, 2.05) is 6.92 Å². The number of halogens is 3. The van der Waals surface area contributed by atoms with Crippen LogP contribution < -0.4 is 5.32 Å². The van der Waals surface area contributed by atoms with Crippen molar-refractivity contribution >= 4 is 29.1 Å². The summed E-state index contributed by atoms with van der Waals surface area (Å²) in [7, 11) is 0. The monoisotopic (exact) mass is 327 g/mol. The highest BCUT2D eigenvalue weighted by molar-refractivity contribution is 6.34. The van der Waals surface area contributed by atoms with Crippen LogP contribution in [0.4, 0.5) is 4.39 Å². The first-order chi connectivity index (χ1) is 9.95. The van der Waals surface area contributed by atoms with Gasteiger partial charge in [0.2, 0.25) is 0 Å². The van der Waals surface area contributed by atoms with E-state index >= 15 is 0 Å². The summed E-state index contributed by atoms with van der Waals surface area (Å²) < 4.78 is 12.8. The maximum Gasteiger partial charge on any atom is 0.254 e. The molecule has 7 heteroatoms. The molecule has 0 aliphatic rings. The molecule has 2 aromatic rings. The highest BCUT2D eigenvalue weighted by Crippen LogP contribution is 2.15. The van der Waals surface area contributed by atoms with Crippen LogP contribution in [-0.2, 0) is 6.42 Å². The van der Waals surface area contributed by atoms with Crippen molar-refractivity contribution in [1.29, 1.82) is 0 Å². The minimum absolute atomic E-state index is 0.00844. The summed E-state index contributed by atoms with van der Waals surface area (Å²) in [5, 5.41) is 10.00. The topological polar surface area (TPSA) is 54.9 Å². The second kappa shape index (κ2) is 6.83. The Labute approximate surface area is 131 Å². The van der Waals surface area contributed by atoms with E-state index in [1.165, 1.54) is 18.2 Å². The van der Waals surface area contributed by atoms with Crippen molar-refractivity contribution in [3.63, 3.8) is 0 Å². The van der Waals surface area contributed by atoms with E-state index in [1.54, 1.807) is 12.1 Å². The van der Waals surface area contributed by atoms with E-state index < -0.39 is 0 Å². The molecule has 1 aromatic carbocycles. The highest BCUT2D eigenvalue weighted by atomic mass is 35.5. The zero-order chi connectivity index (χ0) is 15.4. The Hall–Kier alpha value is -1.72. The molecule has 0 fully saturated rings. The zero-order valence-corrected chi connectivity index (χ0v) is 12.6. The lowest BCUT2D eigenvalue weighted by molar-refractivity contribution is 0.0939. The van der Waals surface area contributed by atoms with Gasteiger partial charge in [-0.1, -0.05) is 35.3 Å². The lowest BCUT2D eigenvalue weighted by Gasteiger charge is -2.14. The average Bonchev–Trinajstić information content (AvgIpc) is 2.44. The molecule has 4 nitrogen and oxygen atoms in total. The third kappa shape index (κ3) is 4.37. The van der Waals surface area contributed by atoms with E-state index in [2.05, 4.69) is 15.5 Å². The van der Waals surface area contributed by atoms with Gasteiger partial charge in [0.05, 0.1) is 5.56 Å². The number of amides is 1. The molecule has 1 amide bonds. The third-order valence-electron chi connectivity index (χ3n) is 2.80. The third-order valence-corrected chi connectivity index (χ3v) is 3.26. The Kier molecular flexibility index (Phi) is 5.09. The molecule has 0 bridgehead atoms. The predicted octanol–water partition coefficient (Wildman–Crippen LogP) is 3.28. The van der Waals surface area contributed by atoms with Gasteiger partial charge in [0.25, 0.3) is 5.91 Å². The molecule has 1 atom stereocenters. The first-order valence-electron chi connectivity index (χ1n) is 6.19. The fraction of sp³-hybridized carbons (Fsp3) is 0.214. The molecular weight excluding hydrogens is 316 g/mol. The van der Waals surface area contributed by atoms with Crippen molar-refractivity contribution < 1.29 is 9.18 Å². The number of carbonyl (C=O) groups excluding carboxylic acids is 1. The number of carbonyl (C=O) groups is 1. The molecular formula is C14H12Cl2FN3O. The fourth-order valence-corrected chi connectivity index (χ4v) is 2.16. The predicted molar refractivity (Wildman–Crippen MR) is 79.1 cm³/mol. The highest BCUT2D eigenvalue weighted by Gasteiger charge is 2.15. The summed E-state index contributed by atoms with van der Waals surface area (Å²) in [5.41, 5.74) is 1.09. The van der Waals surface area contributed by atoms with Crippen LogP contribution in [0.5, 0.6) is 0 Å². The lowest BCUT2D eigenvalue weighted by atomic mass is 10.1. The number of nitrogens with zero attached hydrogens (tertiary/aromatic N) is 2.